The molecule has 2 rings (SSSR count). The molecule has 80 valence electrons. The maximum Gasteiger partial charge on any atom is 0.372 e. The molecule has 1 aromatic carbocycles. The molecule has 3 nitrogen and oxygen atoms in total. The topological polar surface area (TPSA) is 50.4 Å². The Morgan fingerprint density at radius 2 is 2.13 bits per heavy atom. The fraction of sp³-hybridized carbons (Fsp3) is 0.100. The summed E-state index contributed by atoms with van der Waals surface area (Å²) in [4.78, 5) is 10.6. The average Bonchev–Trinajstić information content (AvgIpc) is 2.63. The van der Waals surface area contributed by atoms with Gasteiger partial charge in [-0.25, -0.2) is 4.79 Å². The lowest BCUT2D eigenvalue weighted by Crippen LogP contribution is -1.92. The van der Waals surface area contributed by atoms with Gasteiger partial charge in [-0.3, -0.25) is 0 Å². The quantitative estimate of drug-likeness (QED) is 0.813. The number of carbonyl (C=O) groups is 1. The van der Waals surface area contributed by atoms with E-state index in [4.69, 9.17) is 21.1 Å². The van der Waals surface area contributed by atoms with Gasteiger partial charge in [0.15, 0.2) is 0 Å². The molecule has 0 fully saturated rings. The van der Waals surface area contributed by atoms with E-state index in [0.717, 1.165) is 0 Å². The van der Waals surface area contributed by atoms with Crippen LogP contribution in [-0.2, 0) is 0 Å². The van der Waals surface area contributed by atoms with Crippen molar-refractivity contribution in [2.24, 2.45) is 0 Å². The van der Waals surface area contributed by atoms with Gasteiger partial charge in [-0.15, -0.1) is 0 Å². The van der Waals surface area contributed by atoms with E-state index in [2.05, 4.69) is 15.9 Å². The van der Waals surface area contributed by atoms with Crippen LogP contribution in [0.4, 0.5) is 0 Å². The molecule has 0 aliphatic carbocycles. The first-order valence-electron chi connectivity index (χ1n) is 3.96. The summed E-state index contributed by atoms with van der Waals surface area (Å²) in [6.45, 7) is 0. The van der Waals surface area contributed by atoms with Crippen molar-refractivity contribution in [1.82, 2.24) is 0 Å². The number of hydrogen-bond acceptors (Lipinski definition) is 2. The monoisotopic (exact) mass is 290 g/mol. The van der Waals surface area contributed by atoms with E-state index in [1.165, 1.54) is 6.26 Å². The van der Waals surface area contributed by atoms with Gasteiger partial charge in [-0.1, -0.05) is 27.5 Å². The van der Waals surface area contributed by atoms with E-state index in [0.29, 0.717) is 15.8 Å². The summed E-state index contributed by atoms with van der Waals surface area (Å²) < 4.78 is 4.87. The molecule has 0 saturated carbocycles. The first-order valence-corrected chi connectivity index (χ1v) is 5.93. The average molecular weight is 292 g/mol. The summed E-state index contributed by atoms with van der Waals surface area (Å²) in [5.74, 6) is 0.691. The van der Waals surface area contributed by atoms with Crippen LogP contribution < -0.4 is 0 Å². The van der Waals surface area contributed by atoms with Crippen LogP contribution in [0, 0.1) is 0 Å². The molecule has 0 spiro atoms. The lowest BCUT2D eigenvalue weighted by Gasteiger charge is -1.90. The fourth-order valence-corrected chi connectivity index (χ4v) is 1.37. The second-order valence-electron chi connectivity index (χ2n) is 2.60. The van der Waals surface area contributed by atoms with Gasteiger partial charge in [0.05, 0.1) is 6.26 Å². The van der Waals surface area contributed by atoms with Gasteiger partial charge in [0.1, 0.15) is 0 Å². The molecule has 0 unspecified atom stereocenters. The van der Waals surface area contributed by atoms with E-state index < -0.39 is 5.97 Å². The minimum Gasteiger partial charge on any atom is -0.475 e. The first-order chi connectivity index (χ1) is 7.18. The van der Waals surface area contributed by atoms with Crippen LogP contribution in [0.15, 0.2) is 28.9 Å². The maximum atomic E-state index is 10.6. The number of halogens is 2. The zero-order valence-corrected chi connectivity index (χ0v) is 10.2. The van der Waals surface area contributed by atoms with Gasteiger partial charge in [0, 0.05) is 15.8 Å². The molecule has 1 N–H and O–H groups in total. The van der Waals surface area contributed by atoms with Crippen molar-refractivity contribution in [2.75, 3.05) is 5.83 Å². The Labute approximate surface area is 99.8 Å². The molecule has 0 radical (unpaired) electrons. The zero-order valence-electron chi connectivity index (χ0n) is 7.83. The summed E-state index contributed by atoms with van der Waals surface area (Å²) in [6.07, 6.45) is 1.38. The number of furan rings is 1. The van der Waals surface area contributed by atoms with E-state index >= 15 is 0 Å². The zero-order chi connectivity index (χ0) is 11.4. The number of benzene rings is 1. The van der Waals surface area contributed by atoms with Gasteiger partial charge in [-0.05, 0) is 24.0 Å². The van der Waals surface area contributed by atoms with Crippen LogP contribution >= 0.6 is 27.5 Å². The maximum absolute atomic E-state index is 10.6. The smallest absolute Gasteiger partial charge is 0.372 e. The van der Waals surface area contributed by atoms with Gasteiger partial charge < -0.3 is 9.52 Å². The molecule has 0 atom stereocenters. The van der Waals surface area contributed by atoms with Crippen LogP contribution in [0.2, 0.25) is 5.02 Å². The van der Waals surface area contributed by atoms with Crippen molar-refractivity contribution in [3.05, 3.63) is 35.2 Å². The molecule has 0 aliphatic rings. The Balaban J connectivity index is 0.000000531. The van der Waals surface area contributed by atoms with E-state index in [-0.39, 0.29) is 5.76 Å². The normalized spacial score (nSPS) is 9.53. The second-order valence-corrected chi connectivity index (χ2v) is 3.04. The third-order valence-electron chi connectivity index (χ3n) is 1.76. The Morgan fingerprint density at radius 1 is 1.47 bits per heavy atom. The molecule has 1 heterocycles. The standard InChI is InChI=1S/C9H5ClO3.CH3Br/c10-6-1-2-7-5(3-6)4-13-8(7)9(11)12;1-2/h1-4H,(H,11,12);1H3. The second kappa shape index (κ2) is 5.19. The van der Waals surface area contributed by atoms with Crippen LogP contribution in [-0.4, -0.2) is 16.9 Å². The van der Waals surface area contributed by atoms with Crippen molar-refractivity contribution in [3.63, 3.8) is 0 Å². The number of carboxylic acids is 1. The lowest BCUT2D eigenvalue weighted by atomic mass is 10.2. The molecule has 1 aromatic heterocycles. The Kier molecular flexibility index (Phi) is 4.17. The number of hydrogen-bond donors (Lipinski definition) is 1. The van der Waals surface area contributed by atoms with Crippen LogP contribution in [0.5, 0.6) is 0 Å². The van der Waals surface area contributed by atoms with E-state index in [1.54, 1.807) is 18.2 Å². The molecule has 0 bridgehead atoms. The van der Waals surface area contributed by atoms with Crippen molar-refractivity contribution >= 4 is 44.3 Å². The fourth-order valence-electron chi connectivity index (χ4n) is 1.19. The number of rotatable bonds is 1. The highest BCUT2D eigenvalue weighted by molar-refractivity contribution is 9.08. The number of alkyl halides is 1. The largest absolute Gasteiger partial charge is 0.475 e. The van der Waals surface area contributed by atoms with Crippen LogP contribution in [0.1, 0.15) is 10.6 Å². The lowest BCUT2D eigenvalue weighted by molar-refractivity contribution is 0.0665. The predicted octanol–water partition coefficient (Wildman–Crippen LogP) is 3.80. The third-order valence-corrected chi connectivity index (χ3v) is 1.99. The Hall–Kier alpha value is -1.00. The number of aromatic carboxylic acids is 1. The van der Waals surface area contributed by atoms with E-state index in [1.807, 2.05) is 5.83 Å². The summed E-state index contributed by atoms with van der Waals surface area (Å²) in [5, 5.41) is 10.5. The number of carboxylic acid groups (broad SMARTS) is 1. The van der Waals surface area contributed by atoms with Crippen molar-refractivity contribution < 1.29 is 14.3 Å². The molecule has 0 aliphatic heterocycles. The van der Waals surface area contributed by atoms with E-state index in [9.17, 15) is 4.79 Å². The molecule has 15 heavy (non-hydrogen) atoms. The highest BCUT2D eigenvalue weighted by Crippen LogP contribution is 2.24. The van der Waals surface area contributed by atoms with Gasteiger partial charge in [0.25, 0.3) is 0 Å². The number of fused-ring (bicyclic) bond motifs is 1. The third kappa shape index (κ3) is 2.52. The molecule has 2 aromatic rings. The predicted molar refractivity (Wildman–Crippen MR) is 63.0 cm³/mol. The van der Waals surface area contributed by atoms with Crippen LogP contribution in [0.25, 0.3) is 10.8 Å². The SMILES string of the molecule is CBr.O=C(O)c1occ2cc(Cl)ccc12. The van der Waals surface area contributed by atoms with Gasteiger partial charge in [0.2, 0.25) is 5.76 Å². The summed E-state index contributed by atoms with van der Waals surface area (Å²) >= 11 is 8.66. The van der Waals surface area contributed by atoms with Crippen molar-refractivity contribution in [3.8, 4) is 0 Å². The summed E-state index contributed by atoms with van der Waals surface area (Å²) in [5.41, 5.74) is 0. The first kappa shape index (κ1) is 12.1. The van der Waals surface area contributed by atoms with Crippen LogP contribution in [0.3, 0.4) is 0 Å². The molecule has 5 heteroatoms. The highest BCUT2D eigenvalue weighted by atomic mass is 79.9. The van der Waals surface area contributed by atoms with Gasteiger partial charge in [-0.2, -0.15) is 0 Å². The molecule has 0 saturated heterocycles. The Morgan fingerprint density at radius 3 is 2.73 bits per heavy atom. The molecular formula is C10H8BrClO3. The molecular weight excluding hydrogens is 283 g/mol. The molecule has 0 amide bonds. The van der Waals surface area contributed by atoms with Gasteiger partial charge >= 0.3 is 5.97 Å². The minimum absolute atomic E-state index is 0.0494. The Bertz CT molecular complexity index is 478. The summed E-state index contributed by atoms with van der Waals surface area (Å²) in [6, 6.07) is 4.92. The minimum atomic E-state index is -1.07. The van der Waals surface area contributed by atoms with Crippen molar-refractivity contribution in [2.45, 2.75) is 0 Å². The summed E-state index contributed by atoms with van der Waals surface area (Å²) in [7, 11) is 0. The van der Waals surface area contributed by atoms with Crippen molar-refractivity contribution in [1.29, 1.82) is 0 Å². The highest BCUT2D eigenvalue weighted by Gasteiger charge is 2.12.